The molecule has 35 heavy (non-hydrogen) atoms. The van der Waals surface area contributed by atoms with Gasteiger partial charge in [-0.05, 0) is 48.9 Å². The summed E-state index contributed by atoms with van der Waals surface area (Å²) < 4.78 is 8.56. The van der Waals surface area contributed by atoms with Crippen LogP contribution in [-0.4, -0.2) is 14.5 Å². The van der Waals surface area contributed by atoms with Gasteiger partial charge in [0.05, 0.1) is 11.3 Å². The highest BCUT2D eigenvalue weighted by molar-refractivity contribution is 6.11. The fourth-order valence-electron chi connectivity index (χ4n) is 4.90. The number of furan rings is 1. The average Bonchev–Trinajstić information content (AvgIpc) is 3.49. The van der Waals surface area contributed by atoms with Gasteiger partial charge in [0.2, 0.25) is 0 Å². The molecule has 0 bridgehead atoms. The molecule has 3 heterocycles. The van der Waals surface area contributed by atoms with Gasteiger partial charge in [-0.1, -0.05) is 72.8 Å². The van der Waals surface area contributed by atoms with Gasteiger partial charge in [-0.3, -0.25) is 4.57 Å². The highest BCUT2D eigenvalue weighted by Gasteiger charge is 2.21. The molecule has 0 radical (unpaired) electrons. The number of hydrogen-bond donors (Lipinski definition) is 0. The number of benzene rings is 4. The fraction of sp³-hybridized carbons (Fsp3) is 0.0323. The number of pyridine rings is 1. The molecule has 0 spiro atoms. The standard InChI is InChI=1S/C31H21N3O/c1-20-16-17-24(29-28(20)23-14-8-9-15-27(23)35-29)30-33-26-19-18-25(21-10-4-2-5-11-21)32-31(26)34(30)22-12-6-3-7-13-22/h2-19H,1H3. The van der Waals surface area contributed by atoms with Crippen LogP contribution in [0, 0.1) is 6.92 Å². The van der Waals surface area contributed by atoms with E-state index in [0.29, 0.717) is 0 Å². The van der Waals surface area contributed by atoms with Gasteiger partial charge in [0.25, 0.3) is 0 Å². The maximum absolute atomic E-state index is 6.43. The van der Waals surface area contributed by atoms with Gasteiger partial charge in [0.15, 0.2) is 11.5 Å². The molecule has 7 rings (SSSR count). The Hall–Kier alpha value is -4.70. The van der Waals surface area contributed by atoms with Crippen LogP contribution in [0.3, 0.4) is 0 Å². The normalized spacial score (nSPS) is 11.6. The quantitative estimate of drug-likeness (QED) is 0.274. The van der Waals surface area contributed by atoms with E-state index in [-0.39, 0.29) is 0 Å². The molecule has 0 atom stereocenters. The van der Waals surface area contributed by atoms with Gasteiger partial charge in [-0.25, -0.2) is 9.97 Å². The van der Waals surface area contributed by atoms with Crippen molar-refractivity contribution in [1.82, 2.24) is 14.5 Å². The first-order chi connectivity index (χ1) is 17.3. The van der Waals surface area contributed by atoms with Crippen LogP contribution in [-0.2, 0) is 0 Å². The molecular weight excluding hydrogens is 430 g/mol. The van der Waals surface area contributed by atoms with Gasteiger partial charge < -0.3 is 4.42 Å². The van der Waals surface area contributed by atoms with Crippen molar-refractivity contribution >= 4 is 33.1 Å². The molecule has 0 saturated heterocycles. The number of imidazole rings is 1. The second-order valence-electron chi connectivity index (χ2n) is 8.74. The Balaban J connectivity index is 1.57. The molecule has 0 saturated carbocycles. The van der Waals surface area contributed by atoms with Crippen molar-refractivity contribution < 1.29 is 4.42 Å². The number of fused-ring (bicyclic) bond motifs is 4. The SMILES string of the molecule is Cc1ccc(-c2nc3ccc(-c4ccccc4)nc3n2-c2ccccc2)c2oc3ccccc3c12. The van der Waals surface area contributed by atoms with Crippen LogP contribution in [0.15, 0.2) is 114 Å². The van der Waals surface area contributed by atoms with Gasteiger partial charge >= 0.3 is 0 Å². The minimum absolute atomic E-state index is 0.813. The number of nitrogens with zero attached hydrogens (tertiary/aromatic N) is 3. The summed E-state index contributed by atoms with van der Waals surface area (Å²) in [6.45, 7) is 2.13. The second-order valence-corrected chi connectivity index (χ2v) is 8.74. The molecular formula is C31H21N3O. The molecule has 0 aliphatic heterocycles. The molecule has 4 aromatic carbocycles. The Morgan fingerprint density at radius 2 is 1.43 bits per heavy atom. The molecule has 4 heteroatoms. The summed E-state index contributed by atoms with van der Waals surface area (Å²) in [5, 5.41) is 2.25. The Bertz CT molecular complexity index is 1850. The predicted octanol–water partition coefficient (Wildman–Crippen LogP) is 7.96. The van der Waals surface area contributed by atoms with Crippen LogP contribution < -0.4 is 0 Å². The largest absolute Gasteiger partial charge is 0.455 e. The molecule has 0 unspecified atom stereocenters. The first-order valence-corrected chi connectivity index (χ1v) is 11.7. The zero-order chi connectivity index (χ0) is 23.4. The topological polar surface area (TPSA) is 43.9 Å². The second kappa shape index (κ2) is 7.67. The lowest BCUT2D eigenvalue weighted by Crippen LogP contribution is -1.99. The Morgan fingerprint density at radius 3 is 2.26 bits per heavy atom. The van der Waals surface area contributed by atoms with Gasteiger partial charge in [0.1, 0.15) is 16.7 Å². The molecule has 0 fully saturated rings. The fourth-order valence-corrected chi connectivity index (χ4v) is 4.90. The van der Waals surface area contributed by atoms with Crippen molar-refractivity contribution in [2.45, 2.75) is 6.92 Å². The first-order valence-electron chi connectivity index (χ1n) is 11.7. The van der Waals surface area contributed by atoms with E-state index in [2.05, 4.69) is 66.1 Å². The third-order valence-electron chi connectivity index (χ3n) is 6.56. The molecule has 0 aliphatic carbocycles. The van der Waals surface area contributed by atoms with Crippen LogP contribution in [0.4, 0.5) is 0 Å². The van der Waals surface area contributed by atoms with Crippen LogP contribution in [0.25, 0.3) is 61.4 Å². The van der Waals surface area contributed by atoms with Crippen LogP contribution >= 0.6 is 0 Å². The summed E-state index contributed by atoms with van der Waals surface area (Å²) in [4.78, 5) is 10.2. The van der Waals surface area contributed by atoms with E-state index < -0.39 is 0 Å². The maximum atomic E-state index is 6.43. The summed E-state index contributed by atoms with van der Waals surface area (Å²) in [6.07, 6.45) is 0. The summed E-state index contributed by atoms with van der Waals surface area (Å²) in [5.41, 5.74) is 8.52. The molecule has 7 aromatic rings. The van der Waals surface area contributed by atoms with E-state index in [1.54, 1.807) is 0 Å². The van der Waals surface area contributed by atoms with E-state index in [0.717, 1.165) is 61.4 Å². The minimum atomic E-state index is 0.813. The molecule has 3 aromatic heterocycles. The van der Waals surface area contributed by atoms with E-state index >= 15 is 0 Å². The minimum Gasteiger partial charge on any atom is -0.455 e. The smallest absolute Gasteiger partial charge is 0.165 e. The molecule has 166 valence electrons. The van der Waals surface area contributed by atoms with E-state index in [4.69, 9.17) is 14.4 Å². The maximum Gasteiger partial charge on any atom is 0.165 e. The molecule has 4 nitrogen and oxygen atoms in total. The number of aromatic nitrogens is 3. The summed E-state index contributed by atoms with van der Waals surface area (Å²) in [6, 6.07) is 37.1. The summed E-state index contributed by atoms with van der Waals surface area (Å²) >= 11 is 0. The third-order valence-corrected chi connectivity index (χ3v) is 6.56. The van der Waals surface area contributed by atoms with Crippen LogP contribution in [0.1, 0.15) is 5.56 Å². The van der Waals surface area contributed by atoms with Gasteiger partial charge in [-0.2, -0.15) is 0 Å². The van der Waals surface area contributed by atoms with Gasteiger partial charge in [-0.15, -0.1) is 0 Å². The lowest BCUT2D eigenvalue weighted by molar-refractivity contribution is 0.669. The Morgan fingerprint density at radius 1 is 0.686 bits per heavy atom. The molecule has 0 aliphatic rings. The molecule has 0 amide bonds. The zero-order valence-corrected chi connectivity index (χ0v) is 19.1. The van der Waals surface area contributed by atoms with Crippen molar-refractivity contribution in [1.29, 1.82) is 0 Å². The van der Waals surface area contributed by atoms with Crippen molar-refractivity contribution in [2.75, 3.05) is 0 Å². The molecule has 0 N–H and O–H groups in total. The third kappa shape index (κ3) is 3.07. The van der Waals surface area contributed by atoms with Gasteiger partial charge in [0, 0.05) is 22.0 Å². The predicted molar refractivity (Wildman–Crippen MR) is 142 cm³/mol. The highest BCUT2D eigenvalue weighted by atomic mass is 16.3. The van der Waals surface area contributed by atoms with Crippen molar-refractivity contribution in [3.63, 3.8) is 0 Å². The highest BCUT2D eigenvalue weighted by Crippen LogP contribution is 2.39. The Kier molecular flexibility index (Phi) is 4.33. The Labute approximate surface area is 202 Å². The van der Waals surface area contributed by atoms with E-state index in [1.165, 1.54) is 5.56 Å². The van der Waals surface area contributed by atoms with Crippen LogP contribution in [0.2, 0.25) is 0 Å². The number of para-hydroxylation sites is 2. The number of aryl methyl sites for hydroxylation is 1. The zero-order valence-electron chi connectivity index (χ0n) is 19.1. The first kappa shape index (κ1) is 19.7. The summed E-state index contributed by atoms with van der Waals surface area (Å²) in [5.74, 6) is 0.813. The van der Waals surface area contributed by atoms with Crippen molar-refractivity contribution in [3.8, 4) is 28.3 Å². The van der Waals surface area contributed by atoms with E-state index in [9.17, 15) is 0 Å². The number of hydrogen-bond acceptors (Lipinski definition) is 3. The van der Waals surface area contributed by atoms with E-state index in [1.807, 2.05) is 54.6 Å². The lowest BCUT2D eigenvalue weighted by atomic mass is 10.0. The van der Waals surface area contributed by atoms with Crippen molar-refractivity contribution in [2.24, 2.45) is 0 Å². The monoisotopic (exact) mass is 451 g/mol. The lowest BCUT2D eigenvalue weighted by Gasteiger charge is -2.10. The summed E-state index contributed by atoms with van der Waals surface area (Å²) in [7, 11) is 0. The average molecular weight is 452 g/mol. The van der Waals surface area contributed by atoms with Crippen molar-refractivity contribution in [3.05, 3.63) is 115 Å². The number of rotatable bonds is 3. The van der Waals surface area contributed by atoms with Crippen LogP contribution in [0.5, 0.6) is 0 Å².